The topological polar surface area (TPSA) is 88.2 Å². The molecule has 8 nitrogen and oxygen atoms in total. The van der Waals surface area contributed by atoms with Crippen molar-refractivity contribution in [3.05, 3.63) is 0 Å². The first-order valence-electron chi connectivity index (χ1n) is 9.22. The maximum absolute atomic E-state index is 12.3. The summed E-state index contributed by atoms with van der Waals surface area (Å²) in [5.41, 5.74) is 0. The van der Waals surface area contributed by atoms with Crippen molar-refractivity contribution >= 4 is 16.3 Å². The van der Waals surface area contributed by atoms with Crippen LogP contribution < -0.4 is 4.72 Å². The van der Waals surface area contributed by atoms with E-state index in [-0.39, 0.29) is 31.8 Å². The zero-order valence-electron chi connectivity index (χ0n) is 15.3. The molecule has 0 bridgehead atoms. The lowest BCUT2D eigenvalue weighted by Gasteiger charge is -2.33. The number of rotatable bonds is 7. The van der Waals surface area contributed by atoms with Crippen LogP contribution in [0.2, 0.25) is 0 Å². The standard InChI is InChI=1S/C16H31N3O5S/c1-3-23-16(20)18-9-11-19(12-10-18)25(21,22)17-8-13-24-15-7-5-4-6-14(15)2/h14-15,17H,3-13H2,1-2H3. The summed E-state index contributed by atoms with van der Waals surface area (Å²) in [5, 5.41) is 0. The van der Waals surface area contributed by atoms with Crippen LogP contribution in [0.5, 0.6) is 0 Å². The molecule has 0 aromatic carbocycles. The van der Waals surface area contributed by atoms with Crippen LogP contribution in [0.4, 0.5) is 4.79 Å². The van der Waals surface area contributed by atoms with Gasteiger partial charge in [0.1, 0.15) is 0 Å². The minimum atomic E-state index is -3.54. The zero-order valence-corrected chi connectivity index (χ0v) is 16.1. The van der Waals surface area contributed by atoms with Crippen molar-refractivity contribution in [1.29, 1.82) is 0 Å². The lowest BCUT2D eigenvalue weighted by atomic mass is 9.88. The van der Waals surface area contributed by atoms with Gasteiger partial charge in [0.25, 0.3) is 10.2 Å². The SMILES string of the molecule is CCOC(=O)N1CCN(S(=O)(=O)NCCOC2CCCCC2C)CC1. The molecule has 1 amide bonds. The van der Waals surface area contributed by atoms with Gasteiger partial charge in [0, 0.05) is 32.7 Å². The number of nitrogens with zero attached hydrogens (tertiary/aromatic N) is 2. The maximum atomic E-state index is 12.3. The number of hydrogen-bond acceptors (Lipinski definition) is 5. The summed E-state index contributed by atoms with van der Waals surface area (Å²) < 4.78 is 39.4. The van der Waals surface area contributed by atoms with Gasteiger partial charge >= 0.3 is 6.09 Å². The second-order valence-corrected chi connectivity index (χ2v) is 8.41. The molecule has 0 radical (unpaired) electrons. The Morgan fingerprint density at radius 2 is 1.84 bits per heavy atom. The number of carbonyl (C=O) groups excluding carboxylic acids is 1. The van der Waals surface area contributed by atoms with E-state index in [0.29, 0.717) is 32.2 Å². The smallest absolute Gasteiger partial charge is 0.409 e. The van der Waals surface area contributed by atoms with E-state index in [1.165, 1.54) is 28.5 Å². The van der Waals surface area contributed by atoms with Crippen LogP contribution in [-0.4, -0.2) is 75.8 Å². The lowest BCUT2D eigenvalue weighted by Crippen LogP contribution is -2.53. The molecule has 9 heteroatoms. The van der Waals surface area contributed by atoms with Gasteiger partial charge in [0.15, 0.2) is 0 Å². The summed E-state index contributed by atoms with van der Waals surface area (Å²) in [6.07, 6.45) is 4.54. The van der Waals surface area contributed by atoms with Crippen LogP contribution in [0.25, 0.3) is 0 Å². The second kappa shape index (κ2) is 9.70. The molecule has 2 fully saturated rings. The average Bonchev–Trinajstić information content (AvgIpc) is 2.60. The van der Waals surface area contributed by atoms with Crippen molar-refractivity contribution in [2.24, 2.45) is 5.92 Å². The van der Waals surface area contributed by atoms with Crippen LogP contribution in [0.15, 0.2) is 0 Å². The molecular weight excluding hydrogens is 346 g/mol. The van der Waals surface area contributed by atoms with Crippen LogP contribution in [0.3, 0.4) is 0 Å². The number of ether oxygens (including phenoxy) is 2. The quantitative estimate of drug-likeness (QED) is 0.673. The summed E-state index contributed by atoms with van der Waals surface area (Å²) in [4.78, 5) is 13.2. The van der Waals surface area contributed by atoms with Crippen LogP contribution in [-0.2, 0) is 19.7 Å². The van der Waals surface area contributed by atoms with Crippen LogP contribution >= 0.6 is 0 Å². The van der Waals surface area contributed by atoms with E-state index < -0.39 is 10.2 Å². The van der Waals surface area contributed by atoms with E-state index >= 15 is 0 Å². The third-order valence-corrected chi connectivity index (χ3v) is 6.47. The Labute approximate surface area is 151 Å². The Morgan fingerprint density at radius 1 is 1.16 bits per heavy atom. The Kier molecular flexibility index (Phi) is 7.92. The van der Waals surface area contributed by atoms with Crippen molar-refractivity contribution in [1.82, 2.24) is 13.9 Å². The van der Waals surface area contributed by atoms with E-state index in [2.05, 4.69) is 11.6 Å². The Morgan fingerprint density at radius 3 is 2.48 bits per heavy atom. The molecular formula is C16H31N3O5S. The highest BCUT2D eigenvalue weighted by molar-refractivity contribution is 7.87. The largest absolute Gasteiger partial charge is 0.450 e. The molecule has 2 aliphatic rings. The third kappa shape index (κ3) is 6.09. The highest BCUT2D eigenvalue weighted by Crippen LogP contribution is 2.26. The molecule has 1 heterocycles. The molecule has 1 saturated carbocycles. The summed E-state index contributed by atoms with van der Waals surface area (Å²) in [5.74, 6) is 0.543. The van der Waals surface area contributed by atoms with Crippen molar-refractivity contribution in [3.8, 4) is 0 Å². The predicted molar refractivity (Wildman–Crippen MR) is 94.5 cm³/mol. The van der Waals surface area contributed by atoms with Crippen molar-refractivity contribution in [2.75, 3.05) is 45.9 Å². The normalized spacial score (nSPS) is 25.8. The van der Waals surface area contributed by atoms with Gasteiger partial charge in [-0.1, -0.05) is 19.8 Å². The Balaban J connectivity index is 1.68. The van der Waals surface area contributed by atoms with Gasteiger partial charge in [-0.05, 0) is 25.7 Å². The van der Waals surface area contributed by atoms with Gasteiger partial charge in [0.2, 0.25) is 0 Å². The molecule has 2 atom stereocenters. The molecule has 0 spiro atoms. The molecule has 1 aliphatic heterocycles. The molecule has 1 N–H and O–H groups in total. The number of hydrogen-bond donors (Lipinski definition) is 1. The van der Waals surface area contributed by atoms with E-state index in [4.69, 9.17) is 9.47 Å². The fourth-order valence-electron chi connectivity index (χ4n) is 3.33. The van der Waals surface area contributed by atoms with E-state index in [1.54, 1.807) is 6.92 Å². The van der Waals surface area contributed by atoms with E-state index in [0.717, 1.165) is 6.42 Å². The summed E-state index contributed by atoms with van der Waals surface area (Å²) in [6, 6.07) is 0. The number of piperazine rings is 1. The first-order valence-corrected chi connectivity index (χ1v) is 10.7. The molecule has 25 heavy (non-hydrogen) atoms. The minimum Gasteiger partial charge on any atom is -0.450 e. The highest BCUT2D eigenvalue weighted by atomic mass is 32.2. The van der Waals surface area contributed by atoms with E-state index in [1.807, 2.05) is 0 Å². The summed E-state index contributed by atoms with van der Waals surface area (Å²) in [6.45, 7) is 6.14. The second-order valence-electron chi connectivity index (χ2n) is 6.66. The predicted octanol–water partition coefficient (Wildman–Crippen LogP) is 1.19. The van der Waals surface area contributed by atoms with Gasteiger partial charge in [-0.2, -0.15) is 17.4 Å². The molecule has 1 saturated heterocycles. The monoisotopic (exact) mass is 377 g/mol. The van der Waals surface area contributed by atoms with Crippen molar-refractivity contribution < 1.29 is 22.7 Å². The van der Waals surface area contributed by atoms with Gasteiger partial charge in [-0.25, -0.2) is 4.79 Å². The Hall–Kier alpha value is -0.900. The number of carbonyl (C=O) groups is 1. The molecule has 0 aromatic rings. The lowest BCUT2D eigenvalue weighted by molar-refractivity contribution is -0.00188. The van der Waals surface area contributed by atoms with Gasteiger partial charge in [-0.3, -0.25) is 0 Å². The summed E-state index contributed by atoms with van der Waals surface area (Å²) in [7, 11) is -3.54. The molecule has 146 valence electrons. The fraction of sp³-hybridized carbons (Fsp3) is 0.938. The number of amides is 1. The Bertz CT molecular complexity index is 520. The van der Waals surface area contributed by atoms with E-state index in [9.17, 15) is 13.2 Å². The van der Waals surface area contributed by atoms with Crippen LogP contribution in [0.1, 0.15) is 39.5 Å². The average molecular weight is 378 g/mol. The van der Waals surface area contributed by atoms with Gasteiger partial charge in [0.05, 0.1) is 19.3 Å². The molecule has 0 aromatic heterocycles. The highest BCUT2D eigenvalue weighted by Gasteiger charge is 2.29. The van der Waals surface area contributed by atoms with Gasteiger partial charge < -0.3 is 14.4 Å². The number of nitrogens with one attached hydrogen (secondary N) is 1. The summed E-state index contributed by atoms with van der Waals surface area (Å²) >= 11 is 0. The van der Waals surface area contributed by atoms with Crippen LogP contribution in [0, 0.1) is 5.92 Å². The molecule has 2 unspecified atom stereocenters. The molecule has 2 rings (SSSR count). The fourth-order valence-corrected chi connectivity index (χ4v) is 4.50. The molecule has 1 aliphatic carbocycles. The third-order valence-electron chi connectivity index (χ3n) is 4.86. The van der Waals surface area contributed by atoms with Gasteiger partial charge in [-0.15, -0.1) is 0 Å². The van der Waals surface area contributed by atoms with Crippen molar-refractivity contribution in [3.63, 3.8) is 0 Å². The van der Waals surface area contributed by atoms with Crippen molar-refractivity contribution in [2.45, 2.75) is 45.6 Å². The minimum absolute atomic E-state index is 0.242. The maximum Gasteiger partial charge on any atom is 0.409 e. The first kappa shape index (κ1) is 20.4. The first-order chi connectivity index (χ1) is 11.9. The zero-order chi connectivity index (χ0) is 18.3.